The lowest BCUT2D eigenvalue weighted by molar-refractivity contribution is 0.242. The van der Waals surface area contributed by atoms with Crippen molar-refractivity contribution in [1.29, 1.82) is 0 Å². The quantitative estimate of drug-likeness (QED) is 0.837. The molecular weight excluding hydrogens is 320 g/mol. The van der Waals surface area contributed by atoms with Gasteiger partial charge in [0.15, 0.2) is 0 Å². The molecule has 2 rings (SSSR count). The summed E-state index contributed by atoms with van der Waals surface area (Å²) in [7, 11) is 0.398. The predicted octanol–water partition coefficient (Wildman–Crippen LogP) is 3.22. The van der Waals surface area contributed by atoms with Crippen molar-refractivity contribution >= 4 is 10.0 Å². The molecule has 0 amide bonds. The van der Waals surface area contributed by atoms with E-state index in [0.29, 0.717) is 11.4 Å². The zero-order valence-electron chi connectivity index (χ0n) is 14.8. The van der Waals surface area contributed by atoms with E-state index in [0.717, 1.165) is 17.7 Å². The molecule has 0 aliphatic rings. The Hall–Kier alpha value is -1.69. The molecule has 0 saturated heterocycles. The second-order valence-electron chi connectivity index (χ2n) is 7.09. The Labute approximate surface area is 145 Å². The van der Waals surface area contributed by atoms with Crippen LogP contribution in [0.3, 0.4) is 0 Å². The van der Waals surface area contributed by atoms with E-state index in [9.17, 15) is 8.42 Å². The maximum absolute atomic E-state index is 12.8. The molecule has 24 heavy (non-hydrogen) atoms. The summed E-state index contributed by atoms with van der Waals surface area (Å²) in [6, 6.07) is 16.7. The van der Waals surface area contributed by atoms with Gasteiger partial charge in [0.25, 0.3) is 0 Å². The van der Waals surface area contributed by atoms with Crippen LogP contribution in [0, 0.1) is 5.41 Å². The fraction of sp³-hybridized carbons (Fsp3) is 0.368. The molecule has 0 unspecified atom stereocenters. The maximum atomic E-state index is 12.8. The van der Waals surface area contributed by atoms with E-state index in [4.69, 9.17) is 0 Å². The van der Waals surface area contributed by atoms with Crippen LogP contribution in [0.25, 0.3) is 11.1 Å². The summed E-state index contributed by atoms with van der Waals surface area (Å²) in [4.78, 5) is 2.38. The monoisotopic (exact) mass is 346 g/mol. The van der Waals surface area contributed by atoms with E-state index in [1.807, 2.05) is 56.6 Å². The minimum Gasteiger partial charge on any atom is -0.309 e. The molecule has 0 fully saturated rings. The van der Waals surface area contributed by atoms with Crippen molar-refractivity contribution in [2.24, 2.45) is 5.41 Å². The van der Waals surface area contributed by atoms with Crippen LogP contribution in [0.2, 0.25) is 0 Å². The second kappa shape index (κ2) is 7.47. The average Bonchev–Trinajstić information content (AvgIpc) is 2.53. The largest absolute Gasteiger partial charge is 0.309 e. The van der Waals surface area contributed by atoms with Gasteiger partial charge in [0, 0.05) is 18.7 Å². The van der Waals surface area contributed by atoms with Gasteiger partial charge in [0.2, 0.25) is 10.0 Å². The molecule has 0 aromatic heterocycles. The smallest absolute Gasteiger partial charge is 0.241 e. The van der Waals surface area contributed by atoms with Crippen LogP contribution in [-0.2, 0) is 10.0 Å². The Morgan fingerprint density at radius 2 is 1.54 bits per heavy atom. The summed E-state index contributed by atoms with van der Waals surface area (Å²) in [5.41, 5.74) is 1.46. The molecular formula is C19H26N2O2S. The zero-order chi connectivity index (χ0) is 17.8. The third kappa shape index (κ3) is 4.90. The van der Waals surface area contributed by atoms with Crippen molar-refractivity contribution in [3.63, 3.8) is 0 Å². The molecule has 0 aliphatic carbocycles. The van der Waals surface area contributed by atoms with Crippen LogP contribution >= 0.6 is 0 Å². The summed E-state index contributed by atoms with van der Waals surface area (Å²) in [5.74, 6) is 0. The predicted molar refractivity (Wildman–Crippen MR) is 99.4 cm³/mol. The fourth-order valence-electron chi connectivity index (χ4n) is 2.84. The summed E-state index contributed by atoms with van der Waals surface area (Å²) in [5, 5.41) is 0. The number of benzene rings is 2. The Kier molecular flexibility index (Phi) is 5.80. The first-order valence-corrected chi connectivity index (χ1v) is 9.48. The van der Waals surface area contributed by atoms with Crippen LogP contribution in [-0.4, -0.2) is 40.5 Å². The first-order valence-electron chi connectivity index (χ1n) is 8.00. The van der Waals surface area contributed by atoms with Crippen molar-refractivity contribution in [1.82, 2.24) is 9.62 Å². The highest BCUT2D eigenvalue weighted by Crippen LogP contribution is 2.27. The normalized spacial score (nSPS) is 12.5. The first-order chi connectivity index (χ1) is 11.2. The van der Waals surface area contributed by atoms with Crippen LogP contribution in [0.1, 0.15) is 13.8 Å². The Morgan fingerprint density at radius 3 is 2.17 bits per heavy atom. The molecule has 0 heterocycles. The highest BCUT2D eigenvalue weighted by atomic mass is 32.2. The second-order valence-corrected chi connectivity index (χ2v) is 8.82. The number of nitrogens with one attached hydrogen (secondary N) is 1. The molecule has 0 saturated carbocycles. The number of rotatable bonds is 7. The van der Waals surface area contributed by atoms with Gasteiger partial charge in [-0.15, -0.1) is 0 Å². The highest BCUT2D eigenvalue weighted by molar-refractivity contribution is 7.89. The van der Waals surface area contributed by atoms with Gasteiger partial charge in [0.05, 0.1) is 4.90 Å². The molecule has 1 N–H and O–H groups in total. The molecule has 4 nitrogen and oxygen atoms in total. The summed E-state index contributed by atoms with van der Waals surface area (Å²) >= 11 is 0. The minimum absolute atomic E-state index is 0.155. The van der Waals surface area contributed by atoms with Gasteiger partial charge in [0.1, 0.15) is 0 Å². The standard InChI is InChI=1S/C19H26N2O2S/c1-19(2,15-21(3)4)14-20-24(22,23)18-13-9-8-12-17(18)16-10-6-5-7-11-16/h5-13,20H,14-15H2,1-4H3. The van der Waals surface area contributed by atoms with Crippen LogP contribution in [0.15, 0.2) is 59.5 Å². The SMILES string of the molecule is CN(C)CC(C)(C)CNS(=O)(=O)c1ccccc1-c1ccccc1. The van der Waals surface area contributed by atoms with Gasteiger partial charge < -0.3 is 4.90 Å². The van der Waals surface area contributed by atoms with Crippen molar-refractivity contribution in [3.05, 3.63) is 54.6 Å². The zero-order valence-corrected chi connectivity index (χ0v) is 15.6. The van der Waals surface area contributed by atoms with E-state index >= 15 is 0 Å². The van der Waals surface area contributed by atoms with Crippen molar-refractivity contribution in [2.45, 2.75) is 18.7 Å². The van der Waals surface area contributed by atoms with E-state index in [1.165, 1.54) is 0 Å². The van der Waals surface area contributed by atoms with Gasteiger partial charge in [-0.3, -0.25) is 0 Å². The van der Waals surface area contributed by atoms with Gasteiger partial charge in [-0.2, -0.15) is 0 Å². The van der Waals surface area contributed by atoms with E-state index in [-0.39, 0.29) is 5.41 Å². The van der Waals surface area contributed by atoms with E-state index in [2.05, 4.69) is 23.5 Å². The van der Waals surface area contributed by atoms with E-state index in [1.54, 1.807) is 12.1 Å². The molecule has 2 aromatic carbocycles. The molecule has 0 aliphatic heterocycles. The van der Waals surface area contributed by atoms with Crippen molar-refractivity contribution in [2.75, 3.05) is 27.2 Å². The fourth-order valence-corrected chi connectivity index (χ4v) is 4.31. The minimum atomic E-state index is -3.58. The highest BCUT2D eigenvalue weighted by Gasteiger charge is 2.24. The maximum Gasteiger partial charge on any atom is 0.241 e. The third-order valence-electron chi connectivity index (χ3n) is 3.75. The van der Waals surface area contributed by atoms with Gasteiger partial charge in [-0.25, -0.2) is 13.1 Å². The topological polar surface area (TPSA) is 49.4 Å². The van der Waals surface area contributed by atoms with Crippen molar-refractivity contribution in [3.8, 4) is 11.1 Å². The Balaban J connectivity index is 2.28. The van der Waals surface area contributed by atoms with E-state index < -0.39 is 10.0 Å². The number of hydrogen-bond acceptors (Lipinski definition) is 3. The Morgan fingerprint density at radius 1 is 0.958 bits per heavy atom. The lowest BCUT2D eigenvalue weighted by Gasteiger charge is -2.28. The third-order valence-corrected chi connectivity index (χ3v) is 5.21. The van der Waals surface area contributed by atoms with Crippen LogP contribution in [0.4, 0.5) is 0 Å². The first kappa shape index (κ1) is 18.6. The molecule has 2 aromatic rings. The van der Waals surface area contributed by atoms with Crippen LogP contribution in [0.5, 0.6) is 0 Å². The summed E-state index contributed by atoms with van der Waals surface area (Å²) < 4.78 is 28.4. The van der Waals surface area contributed by atoms with Gasteiger partial charge >= 0.3 is 0 Å². The summed E-state index contributed by atoms with van der Waals surface area (Å²) in [6.45, 7) is 5.30. The average molecular weight is 346 g/mol. The molecule has 5 heteroatoms. The Bertz CT molecular complexity index is 769. The van der Waals surface area contributed by atoms with Gasteiger partial charge in [-0.1, -0.05) is 62.4 Å². The lowest BCUT2D eigenvalue weighted by atomic mass is 9.93. The lowest BCUT2D eigenvalue weighted by Crippen LogP contribution is -2.40. The van der Waals surface area contributed by atoms with Crippen molar-refractivity contribution < 1.29 is 8.42 Å². The molecule has 0 atom stereocenters. The molecule has 0 spiro atoms. The molecule has 0 bridgehead atoms. The van der Waals surface area contributed by atoms with Gasteiger partial charge in [-0.05, 0) is 31.1 Å². The molecule has 0 radical (unpaired) electrons. The number of sulfonamides is 1. The number of hydrogen-bond donors (Lipinski definition) is 1. The molecule has 130 valence electrons. The number of nitrogens with zero attached hydrogens (tertiary/aromatic N) is 1. The summed E-state index contributed by atoms with van der Waals surface area (Å²) in [6.07, 6.45) is 0. The van der Waals surface area contributed by atoms with Crippen LogP contribution < -0.4 is 4.72 Å².